The molecular formula is C33H47N3O6. The van der Waals surface area contributed by atoms with Crippen LogP contribution in [0.4, 0.5) is 0 Å². The fraction of sp³-hybridized carbons (Fsp3) is 0.697. The summed E-state index contributed by atoms with van der Waals surface area (Å²) in [6, 6.07) is 2.66. The summed E-state index contributed by atoms with van der Waals surface area (Å²) in [4.78, 5) is 56.4. The molecule has 9 heteroatoms. The first kappa shape index (κ1) is 30.7. The maximum absolute atomic E-state index is 13.9. The lowest BCUT2D eigenvalue weighted by molar-refractivity contribution is -0.192. The second-order valence-corrected chi connectivity index (χ2v) is 14.1. The number of esters is 1. The average molecular weight is 582 g/mol. The van der Waals surface area contributed by atoms with Crippen LogP contribution in [-0.2, 0) is 14.3 Å². The monoisotopic (exact) mass is 581 g/mol. The minimum atomic E-state index is -0.789. The molecule has 1 N–H and O–H groups in total. The summed E-state index contributed by atoms with van der Waals surface area (Å²) in [5, 5.41) is 13.0. The third-order valence-corrected chi connectivity index (χ3v) is 12.1. The van der Waals surface area contributed by atoms with E-state index in [4.69, 9.17) is 4.74 Å². The van der Waals surface area contributed by atoms with Crippen LogP contribution in [0.1, 0.15) is 83.0 Å². The van der Waals surface area contributed by atoms with Crippen LogP contribution in [-0.4, -0.2) is 71.2 Å². The molecule has 42 heavy (non-hydrogen) atoms. The van der Waals surface area contributed by atoms with Gasteiger partial charge in [0.1, 0.15) is 17.5 Å². The quantitative estimate of drug-likeness (QED) is 0.418. The Morgan fingerprint density at radius 1 is 1.19 bits per heavy atom. The van der Waals surface area contributed by atoms with Gasteiger partial charge in [0.05, 0.1) is 12.1 Å². The van der Waals surface area contributed by atoms with Crippen LogP contribution in [0.15, 0.2) is 35.8 Å². The van der Waals surface area contributed by atoms with E-state index in [-0.39, 0.29) is 52.9 Å². The summed E-state index contributed by atoms with van der Waals surface area (Å²) >= 11 is 0. The molecule has 9 nitrogen and oxygen atoms in total. The fourth-order valence-corrected chi connectivity index (χ4v) is 9.11. The van der Waals surface area contributed by atoms with Crippen molar-refractivity contribution in [2.75, 3.05) is 25.6 Å². The number of Topliss-reactive ketones (excluding diaryl/α,β-unsaturated/α-hetero) is 1. The highest BCUT2D eigenvalue weighted by Crippen LogP contribution is 2.68. The second kappa shape index (κ2) is 10.7. The molecule has 4 fully saturated rings. The Bertz CT molecular complexity index is 1340. The SMILES string of the molecule is C=C[C@]1(C)C[C@@H](OC(=O)c2cccn(N(C)C(=O)C3CCCN3C)c2=O)[C@]2(C)C(C)CC[C@]3(CCC(=O)C32)[C@@H](C)[C@@H]1O. The molecule has 2 heterocycles. The van der Waals surface area contributed by atoms with E-state index in [2.05, 4.69) is 27.4 Å². The van der Waals surface area contributed by atoms with Gasteiger partial charge in [-0.2, -0.15) is 0 Å². The van der Waals surface area contributed by atoms with E-state index in [1.807, 2.05) is 18.9 Å². The van der Waals surface area contributed by atoms with Crippen LogP contribution in [0.25, 0.3) is 0 Å². The van der Waals surface area contributed by atoms with Crippen molar-refractivity contribution >= 4 is 17.7 Å². The topological polar surface area (TPSA) is 109 Å². The van der Waals surface area contributed by atoms with Crippen molar-refractivity contribution in [3.63, 3.8) is 0 Å². The number of pyridine rings is 1. The number of aliphatic hydroxyl groups excluding tert-OH is 1. The molecule has 0 aromatic carbocycles. The van der Waals surface area contributed by atoms with Gasteiger partial charge in [-0.05, 0) is 81.5 Å². The number of rotatable bonds is 5. The van der Waals surface area contributed by atoms with Crippen LogP contribution in [0.3, 0.4) is 0 Å². The molecular weight excluding hydrogens is 534 g/mol. The van der Waals surface area contributed by atoms with E-state index in [0.29, 0.717) is 19.3 Å². The van der Waals surface area contributed by atoms with Crippen molar-refractivity contribution in [3.05, 3.63) is 46.9 Å². The maximum Gasteiger partial charge on any atom is 0.344 e. The fourth-order valence-electron chi connectivity index (χ4n) is 9.11. The summed E-state index contributed by atoms with van der Waals surface area (Å²) in [5.41, 5.74) is -2.66. The third kappa shape index (κ3) is 4.41. The molecule has 1 saturated heterocycles. The number of nitrogens with zero attached hydrogens (tertiary/aromatic N) is 3. The first-order valence-corrected chi connectivity index (χ1v) is 15.5. The standard InChI is InChI=1S/C33H47N3O6/c1-8-31(4)19-25(32(5)20(2)13-15-33(21(3)27(31)38)16-14-24(37)26(32)33)42-30(41)22-11-9-18-36(28(22)39)35(7)29(40)23-12-10-17-34(23)6/h8-9,11,18,20-21,23,25-27,38H,1,10,12-17,19H2,2-7H3/t20?,21-,23?,25+,26?,27-,31+,32-,33-/m0/s1. The number of ether oxygens (including phenoxy) is 1. The van der Waals surface area contributed by atoms with Gasteiger partial charge in [0.25, 0.3) is 11.5 Å². The minimum Gasteiger partial charge on any atom is -0.458 e. The molecule has 9 atom stereocenters. The number of likely N-dealkylation sites (tertiary alicyclic amines) is 1. The molecule has 5 rings (SSSR count). The maximum atomic E-state index is 13.9. The predicted octanol–water partition coefficient (Wildman–Crippen LogP) is 3.56. The molecule has 0 spiro atoms. The van der Waals surface area contributed by atoms with E-state index in [1.165, 1.54) is 29.0 Å². The number of amides is 1. The lowest BCUT2D eigenvalue weighted by Crippen LogP contribution is -2.63. The van der Waals surface area contributed by atoms with Crippen molar-refractivity contribution in [2.24, 2.45) is 34.0 Å². The molecule has 3 saturated carbocycles. The van der Waals surface area contributed by atoms with E-state index >= 15 is 0 Å². The summed E-state index contributed by atoms with van der Waals surface area (Å²) in [6.45, 7) is 13.1. The molecule has 4 aliphatic rings. The third-order valence-electron chi connectivity index (χ3n) is 12.1. The van der Waals surface area contributed by atoms with Crippen molar-refractivity contribution in [2.45, 2.75) is 90.9 Å². The molecule has 3 aliphatic carbocycles. The normalized spacial score (nSPS) is 40.1. The molecule has 3 unspecified atom stereocenters. The largest absolute Gasteiger partial charge is 0.458 e. The molecule has 1 aromatic rings. The average Bonchev–Trinajstić information content (AvgIpc) is 3.56. The molecule has 1 aliphatic heterocycles. The molecule has 1 aromatic heterocycles. The number of likely N-dealkylation sites (N-methyl/N-ethyl adjacent to an activating group) is 2. The van der Waals surface area contributed by atoms with E-state index in [1.54, 1.807) is 12.1 Å². The zero-order valence-electron chi connectivity index (χ0n) is 26.0. The zero-order chi connectivity index (χ0) is 30.8. The van der Waals surface area contributed by atoms with Gasteiger partial charge in [0, 0.05) is 36.4 Å². The van der Waals surface area contributed by atoms with Crippen LogP contribution >= 0.6 is 0 Å². The van der Waals surface area contributed by atoms with Crippen molar-refractivity contribution < 1.29 is 24.2 Å². The van der Waals surface area contributed by atoms with Gasteiger partial charge >= 0.3 is 5.97 Å². The first-order chi connectivity index (χ1) is 19.7. The summed E-state index contributed by atoms with van der Waals surface area (Å²) in [6.07, 6.45) is 6.48. The Labute approximate surface area is 248 Å². The van der Waals surface area contributed by atoms with Crippen LogP contribution in [0.5, 0.6) is 0 Å². The van der Waals surface area contributed by atoms with Gasteiger partial charge in [-0.3, -0.25) is 19.3 Å². The summed E-state index contributed by atoms with van der Waals surface area (Å²) in [7, 11) is 3.42. The van der Waals surface area contributed by atoms with Gasteiger partial charge in [0.2, 0.25) is 0 Å². The highest BCUT2D eigenvalue weighted by atomic mass is 16.5. The van der Waals surface area contributed by atoms with Crippen LogP contribution in [0.2, 0.25) is 0 Å². The molecule has 1 amide bonds. The number of aromatic nitrogens is 1. The summed E-state index contributed by atoms with van der Waals surface area (Å²) < 4.78 is 7.49. The predicted molar refractivity (Wildman–Crippen MR) is 159 cm³/mol. The molecule has 2 bridgehead atoms. The molecule has 230 valence electrons. The minimum absolute atomic E-state index is 0.0755. The number of carbonyl (C=O) groups excluding carboxylic acids is 3. The van der Waals surface area contributed by atoms with Crippen molar-refractivity contribution in [1.82, 2.24) is 9.58 Å². The van der Waals surface area contributed by atoms with Gasteiger partial charge in [-0.25, -0.2) is 14.5 Å². The second-order valence-electron chi connectivity index (χ2n) is 14.1. The highest BCUT2D eigenvalue weighted by Gasteiger charge is 2.68. The number of ketones is 1. The smallest absolute Gasteiger partial charge is 0.344 e. The Balaban J connectivity index is 1.53. The Kier molecular flexibility index (Phi) is 7.84. The van der Waals surface area contributed by atoms with Crippen LogP contribution < -0.4 is 10.6 Å². The Morgan fingerprint density at radius 2 is 1.90 bits per heavy atom. The van der Waals surface area contributed by atoms with E-state index in [9.17, 15) is 24.3 Å². The van der Waals surface area contributed by atoms with Crippen molar-refractivity contribution in [1.29, 1.82) is 0 Å². The van der Waals surface area contributed by atoms with E-state index < -0.39 is 34.6 Å². The van der Waals surface area contributed by atoms with Crippen LogP contribution in [0, 0.1) is 34.0 Å². The Hall–Kier alpha value is -2.78. The lowest BCUT2D eigenvalue weighted by atomic mass is 9.44. The van der Waals surface area contributed by atoms with Gasteiger partial charge < -0.3 is 9.84 Å². The highest BCUT2D eigenvalue weighted by molar-refractivity contribution is 5.92. The van der Waals surface area contributed by atoms with Gasteiger partial charge in [0.15, 0.2) is 0 Å². The molecule has 0 radical (unpaired) electrons. The first-order valence-electron chi connectivity index (χ1n) is 15.5. The van der Waals surface area contributed by atoms with Gasteiger partial charge in [-0.1, -0.05) is 33.8 Å². The number of hydrogen-bond donors (Lipinski definition) is 1. The number of carbonyl (C=O) groups is 3. The lowest BCUT2D eigenvalue weighted by Gasteiger charge is -2.61. The van der Waals surface area contributed by atoms with Crippen molar-refractivity contribution in [3.8, 4) is 0 Å². The van der Waals surface area contributed by atoms with Gasteiger partial charge in [-0.15, -0.1) is 6.58 Å². The Morgan fingerprint density at radius 3 is 2.55 bits per heavy atom. The summed E-state index contributed by atoms with van der Waals surface area (Å²) in [5.74, 6) is -1.24. The zero-order valence-corrected chi connectivity index (χ0v) is 26.0. The number of aliphatic hydroxyl groups is 1. The number of hydrogen-bond acceptors (Lipinski definition) is 7. The van der Waals surface area contributed by atoms with E-state index in [0.717, 1.165) is 25.8 Å².